The maximum Gasteiger partial charge on any atom is 0.220 e. The minimum Gasteiger partial charge on any atom is -0.394 e. The molecule has 1 fully saturated rings. The van der Waals surface area contributed by atoms with Crippen LogP contribution in [0.5, 0.6) is 0 Å². The highest BCUT2D eigenvalue weighted by molar-refractivity contribution is 5.77. The zero-order valence-electron chi connectivity index (χ0n) is 17.0. The van der Waals surface area contributed by atoms with Crippen molar-refractivity contribution in [3.05, 3.63) is 59.9 Å². The van der Waals surface area contributed by atoms with Crippen molar-refractivity contribution in [2.75, 3.05) is 19.7 Å². The standard InChI is InChI=1S/C23H27FN2O3/c1-4-25(15(2)28)13-21-23(22(14-27)26(21)16(3)29)18-11-9-17(10-12-18)19-7-5-6-8-20(19)24/h5-12,21-23,27H,4,13-14H2,1-3H3/t21-,22-,23-/m1/s1. The van der Waals surface area contributed by atoms with Gasteiger partial charge in [0.25, 0.3) is 0 Å². The predicted molar refractivity (Wildman–Crippen MR) is 110 cm³/mol. The molecule has 1 aliphatic rings. The summed E-state index contributed by atoms with van der Waals surface area (Å²) in [5.74, 6) is -0.533. The Morgan fingerprint density at radius 2 is 1.72 bits per heavy atom. The minimum absolute atomic E-state index is 0.0444. The van der Waals surface area contributed by atoms with E-state index in [9.17, 15) is 19.1 Å². The maximum atomic E-state index is 14.1. The number of likely N-dealkylation sites (tertiary alicyclic amines) is 1. The van der Waals surface area contributed by atoms with E-state index in [1.165, 1.54) is 19.9 Å². The van der Waals surface area contributed by atoms with Gasteiger partial charge in [-0.1, -0.05) is 42.5 Å². The summed E-state index contributed by atoms with van der Waals surface area (Å²) in [7, 11) is 0. The number of carbonyl (C=O) groups excluding carboxylic acids is 2. The van der Waals surface area contributed by atoms with E-state index in [1.54, 1.807) is 28.0 Å². The lowest BCUT2D eigenvalue weighted by Crippen LogP contribution is -2.68. The molecule has 0 unspecified atom stereocenters. The van der Waals surface area contributed by atoms with Gasteiger partial charge >= 0.3 is 0 Å². The van der Waals surface area contributed by atoms with Crippen LogP contribution in [-0.4, -0.2) is 58.5 Å². The molecule has 1 aliphatic heterocycles. The summed E-state index contributed by atoms with van der Waals surface area (Å²) in [4.78, 5) is 27.4. The van der Waals surface area contributed by atoms with Crippen LogP contribution in [0.1, 0.15) is 32.3 Å². The molecule has 6 heteroatoms. The van der Waals surface area contributed by atoms with E-state index in [-0.39, 0.29) is 42.2 Å². The number of aliphatic hydroxyl groups is 1. The molecule has 0 bridgehead atoms. The van der Waals surface area contributed by atoms with E-state index in [2.05, 4.69) is 0 Å². The fraction of sp³-hybridized carbons (Fsp3) is 0.391. The van der Waals surface area contributed by atoms with Gasteiger partial charge in [-0.05, 0) is 24.1 Å². The normalized spacial score (nSPS) is 20.9. The van der Waals surface area contributed by atoms with Crippen molar-refractivity contribution in [3.8, 4) is 11.1 Å². The smallest absolute Gasteiger partial charge is 0.220 e. The molecule has 2 aromatic rings. The summed E-state index contributed by atoms with van der Waals surface area (Å²) in [5, 5.41) is 9.90. The highest BCUT2D eigenvalue weighted by atomic mass is 19.1. The van der Waals surface area contributed by atoms with Crippen LogP contribution in [0.2, 0.25) is 0 Å². The highest BCUT2D eigenvalue weighted by Crippen LogP contribution is 2.41. The van der Waals surface area contributed by atoms with Gasteiger partial charge in [0.2, 0.25) is 11.8 Å². The van der Waals surface area contributed by atoms with Crippen molar-refractivity contribution in [3.63, 3.8) is 0 Å². The van der Waals surface area contributed by atoms with Crippen molar-refractivity contribution in [1.29, 1.82) is 0 Å². The summed E-state index contributed by atoms with van der Waals surface area (Å²) >= 11 is 0. The lowest BCUT2D eigenvalue weighted by atomic mass is 9.74. The largest absolute Gasteiger partial charge is 0.394 e. The number of likely N-dealkylation sites (N-methyl/N-ethyl adjacent to an activating group) is 1. The number of benzene rings is 2. The van der Waals surface area contributed by atoms with Crippen molar-refractivity contribution in [2.45, 2.75) is 38.8 Å². The van der Waals surface area contributed by atoms with Crippen LogP contribution < -0.4 is 0 Å². The van der Waals surface area contributed by atoms with Crippen LogP contribution >= 0.6 is 0 Å². The Bertz CT molecular complexity index is 884. The highest BCUT2D eigenvalue weighted by Gasteiger charge is 2.50. The van der Waals surface area contributed by atoms with E-state index < -0.39 is 0 Å². The molecule has 2 amide bonds. The Balaban J connectivity index is 1.90. The second-order valence-electron chi connectivity index (χ2n) is 7.43. The number of nitrogens with zero attached hydrogens (tertiary/aromatic N) is 2. The lowest BCUT2D eigenvalue weighted by Gasteiger charge is -2.55. The Labute approximate surface area is 170 Å². The number of carbonyl (C=O) groups is 2. The van der Waals surface area contributed by atoms with Gasteiger partial charge < -0.3 is 14.9 Å². The second kappa shape index (κ2) is 8.74. The fourth-order valence-corrected chi connectivity index (χ4v) is 4.35. The number of hydrogen-bond donors (Lipinski definition) is 1. The maximum absolute atomic E-state index is 14.1. The van der Waals surface area contributed by atoms with E-state index in [0.717, 1.165) is 11.1 Å². The third-order valence-corrected chi connectivity index (χ3v) is 5.81. The molecule has 154 valence electrons. The summed E-state index contributed by atoms with van der Waals surface area (Å²) in [6, 6.07) is 13.6. The van der Waals surface area contributed by atoms with Gasteiger partial charge in [0.1, 0.15) is 5.82 Å². The Morgan fingerprint density at radius 1 is 1.07 bits per heavy atom. The number of halogens is 1. The third kappa shape index (κ3) is 4.03. The molecule has 1 saturated heterocycles. The fourth-order valence-electron chi connectivity index (χ4n) is 4.35. The first-order chi connectivity index (χ1) is 13.9. The summed E-state index contributed by atoms with van der Waals surface area (Å²) in [6.07, 6.45) is 0. The molecule has 3 rings (SSSR count). The molecule has 5 nitrogen and oxygen atoms in total. The van der Waals surface area contributed by atoms with Gasteiger partial charge in [-0.25, -0.2) is 4.39 Å². The molecule has 2 aromatic carbocycles. The van der Waals surface area contributed by atoms with Gasteiger partial charge in [-0.2, -0.15) is 0 Å². The van der Waals surface area contributed by atoms with Gasteiger partial charge in [-0.15, -0.1) is 0 Å². The Kier molecular flexibility index (Phi) is 6.33. The van der Waals surface area contributed by atoms with Crippen molar-refractivity contribution in [2.24, 2.45) is 0 Å². The SMILES string of the molecule is CCN(C[C@@H]1[C@@H](c2ccc(-c3ccccc3F)cc2)[C@@H](CO)N1C(C)=O)C(C)=O. The monoisotopic (exact) mass is 398 g/mol. The van der Waals surface area contributed by atoms with Crippen LogP contribution in [0, 0.1) is 5.82 Å². The quantitative estimate of drug-likeness (QED) is 0.814. The van der Waals surface area contributed by atoms with E-state index >= 15 is 0 Å². The van der Waals surface area contributed by atoms with Crippen molar-refractivity contribution in [1.82, 2.24) is 9.80 Å². The summed E-state index contributed by atoms with van der Waals surface area (Å²) in [6.45, 7) is 5.73. The first-order valence-electron chi connectivity index (χ1n) is 9.89. The molecule has 0 radical (unpaired) electrons. The predicted octanol–water partition coefficient (Wildman–Crippen LogP) is 3.04. The van der Waals surface area contributed by atoms with Crippen LogP contribution in [0.4, 0.5) is 4.39 Å². The average molecular weight is 398 g/mol. The molecule has 0 saturated carbocycles. The average Bonchev–Trinajstić information content (AvgIpc) is 2.68. The van der Waals surface area contributed by atoms with Gasteiger partial charge in [0.05, 0.1) is 18.7 Å². The van der Waals surface area contributed by atoms with Crippen LogP contribution in [0.15, 0.2) is 48.5 Å². The lowest BCUT2D eigenvalue weighted by molar-refractivity contribution is -0.152. The first-order valence-corrected chi connectivity index (χ1v) is 9.89. The third-order valence-electron chi connectivity index (χ3n) is 5.81. The first kappa shape index (κ1) is 21.0. The number of hydrogen-bond acceptors (Lipinski definition) is 3. The summed E-state index contributed by atoms with van der Waals surface area (Å²) in [5.41, 5.74) is 2.26. The Hall–Kier alpha value is -2.73. The van der Waals surface area contributed by atoms with Crippen LogP contribution in [0.25, 0.3) is 11.1 Å². The van der Waals surface area contributed by atoms with Crippen LogP contribution in [-0.2, 0) is 9.59 Å². The molecule has 0 aromatic heterocycles. The van der Waals surface area contributed by atoms with E-state index in [1.807, 2.05) is 31.2 Å². The molecular formula is C23H27FN2O3. The van der Waals surface area contributed by atoms with Gasteiger partial charge in [0.15, 0.2) is 0 Å². The molecule has 1 N–H and O–H groups in total. The molecular weight excluding hydrogens is 371 g/mol. The molecule has 3 atom stereocenters. The van der Waals surface area contributed by atoms with E-state index in [4.69, 9.17) is 0 Å². The van der Waals surface area contributed by atoms with Gasteiger partial charge in [0, 0.05) is 38.4 Å². The number of rotatable bonds is 6. The van der Waals surface area contributed by atoms with Crippen molar-refractivity contribution >= 4 is 11.8 Å². The van der Waals surface area contributed by atoms with Gasteiger partial charge in [-0.3, -0.25) is 9.59 Å². The Morgan fingerprint density at radius 3 is 2.24 bits per heavy atom. The zero-order valence-corrected chi connectivity index (χ0v) is 17.0. The second-order valence-corrected chi connectivity index (χ2v) is 7.43. The van der Waals surface area contributed by atoms with Crippen molar-refractivity contribution < 1.29 is 19.1 Å². The van der Waals surface area contributed by atoms with Crippen LogP contribution in [0.3, 0.4) is 0 Å². The molecule has 0 spiro atoms. The number of aliphatic hydroxyl groups excluding tert-OH is 1. The summed E-state index contributed by atoms with van der Waals surface area (Å²) < 4.78 is 14.1. The topological polar surface area (TPSA) is 60.9 Å². The van der Waals surface area contributed by atoms with E-state index in [0.29, 0.717) is 18.7 Å². The molecule has 0 aliphatic carbocycles. The molecule has 29 heavy (non-hydrogen) atoms. The zero-order chi connectivity index (χ0) is 21.1. The molecule has 1 heterocycles. The minimum atomic E-state index is -0.331. The number of amides is 2.